The van der Waals surface area contributed by atoms with Gasteiger partial charge in [-0.1, -0.05) is 12.1 Å². The van der Waals surface area contributed by atoms with Crippen molar-refractivity contribution in [2.75, 3.05) is 23.0 Å². The molecule has 2 amide bonds. The highest BCUT2D eigenvalue weighted by Crippen LogP contribution is 2.33. The van der Waals surface area contributed by atoms with Gasteiger partial charge in [0, 0.05) is 18.7 Å². The number of nitrogens with zero attached hydrogens (tertiary/aromatic N) is 1. The molecule has 8 heteroatoms. The molecule has 2 atom stereocenters. The fourth-order valence-corrected chi connectivity index (χ4v) is 4.34. The van der Waals surface area contributed by atoms with E-state index < -0.39 is 17.6 Å². The number of rotatable bonds is 5. The fourth-order valence-electron chi connectivity index (χ4n) is 3.02. The molecule has 1 aromatic carbocycles. The van der Waals surface area contributed by atoms with Gasteiger partial charge in [-0.3, -0.25) is 9.59 Å². The van der Waals surface area contributed by atoms with Crippen LogP contribution in [0.15, 0.2) is 24.3 Å². The summed E-state index contributed by atoms with van der Waals surface area (Å²) in [6, 6.07) is 7.16. The van der Waals surface area contributed by atoms with Crippen LogP contribution in [0, 0.1) is 0 Å². The Hall–Kier alpha value is -2.22. The van der Waals surface area contributed by atoms with Crippen molar-refractivity contribution in [3.63, 3.8) is 0 Å². The van der Waals surface area contributed by atoms with Crippen LogP contribution in [-0.4, -0.2) is 52.6 Å². The fraction of sp³-hybridized carbons (Fsp3) is 0.471. The molecule has 1 fully saturated rings. The average Bonchev–Trinajstić information content (AvgIpc) is 3.05. The number of fused-ring (bicyclic) bond motifs is 1. The average molecular weight is 364 g/mol. The van der Waals surface area contributed by atoms with E-state index in [0.717, 1.165) is 0 Å². The maximum absolute atomic E-state index is 12.4. The minimum absolute atomic E-state index is 0.0342. The number of ether oxygens (including phenoxy) is 1. The monoisotopic (exact) mass is 364 g/mol. The highest BCUT2D eigenvalue weighted by molar-refractivity contribution is 7.99. The van der Waals surface area contributed by atoms with E-state index in [1.807, 2.05) is 6.07 Å². The molecule has 3 rings (SSSR count). The third kappa shape index (κ3) is 3.44. The molecule has 0 saturated carbocycles. The summed E-state index contributed by atoms with van der Waals surface area (Å²) in [4.78, 5) is 37.7. The molecule has 2 N–H and O–H groups in total. The van der Waals surface area contributed by atoms with E-state index in [1.54, 1.807) is 25.1 Å². The number of thioether (sulfide) groups is 1. The summed E-state index contributed by atoms with van der Waals surface area (Å²) < 4.78 is 5.56. The zero-order valence-corrected chi connectivity index (χ0v) is 14.7. The van der Waals surface area contributed by atoms with Gasteiger partial charge in [0.05, 0.1) is 5.69 Å². The summed E-state index contributed by atoms with van der Waals surface area (Å²) in [6.07, 6.45) is -0.170. The number of carbonyl (C=O) groups excluding carboxylic acids is 2. The number of aliphatic carboxylic acids is 1. The Kier molecular flexibility index (Phi) is 4.89. The van der Waals surface area contributed by atoms with Gasteiger partial charge in [0.2, 0.25) is 5.91 Å². The lowest BCUT2D eigenvalue weighted by Crippen LogP contribution is -2.55. The summed E-state index contributed by atoms with van der Waals surface area (Å²) in [5.41, 5.74) is -0.565. The molecule has 0 aromatic heterocycles. The normalized spacial score (nSPS) is 25.2. The highest BCUT2D eigenvalue weighted by Gasteiger charge is 2.43. The molecule has 1 saturated heterocycles. The first-order valence-corrected chi connectivity index (χ1v) is 9.28. The number of nitrogens with one attached hydrogen (secondary N) is 1. The minimum atomic E-state index is -1.19. The number of hydrogen-bond donors (Lipinski definition) is 2. The van der Waals surface area contributed by atoms with Crippen LogP contribution in [0.4, 0.5) is 5.69 Å². The van der Waals surface area contributed by atoms with Gasteiger partial charge in [0.15, 0.2) is 6.10 Å². The van der Waals surface area contributed by atoms with Crippen LogP contribution in [0.2, 0.25) is 0 Å². The number of para-hydroxylation sites is 2. The summed E-state index contributed by atoms with van der Waals surface area (Å²) >= 11 is 1.51. The summed E-state index contributed by atoms with van der Waals surface area (Å²) in [7, 11) is 0. The van der Waals surface area contributed by atoms with Crippen molar-refractivity contribution in [3.8, 4) is 5.75 Å². The quantitative estimate of drug-likeness (QED) is 0.817. The lowest BCUT2D eigenvalue weighted by atomic mass is 9.99. The van der Waals surface area contributed by atoms with Gasteiger partial charge >= 0.3 is 5.97 Å². The zero-order chi connectivity index (χ0) is 18.0. The van der Waals surface area contributed by atoms with Crippen molar-refractivity contribution >= 4 is 35.2 Å². The van der Waals surface area contributed by atoms with Crippen molar-refractivity contribution in [1.29, 1.82) is 0 Å². The molecule has 2 heterocycles. The van der Waals surface area contributed by atoms with Gasteiger partial charge in [-0.15, -0.1) is 0 Å². The largest absolute Gasteiger partial charge is 0.479 e. The predicted octanol–water partition coefficient (Wildman–Crippen LogP) is 1.27. The summed E-state index contributed by atoms with van der Waals surface area (Å²) in [5.74, 6) is 0.0887. The molecule has 7 nitrogen and oxygen atoms in total. The lowest BCUT2D eigenvalue weighted by molar-refractivity contribution is -0.146. The van der Waals surface area contributed by atoms with Gasteiger partial charge < -0.3 is 20.1 Å². The second kappa shape index (κ2) is 6.95. The van der Waals surface area contributed by atoms with Crippen molar-refractivity contribution < 1.29 is 24.2 Å². The Morgan fingerprint density at radius 2 is 2.20 bits per heavy atom. The SMILES string of the molecule is CC1Oc2ccccc2N(CCC(=O)NC2(C(=O)O)CCSC2)C1=O. The molecule has 0 spiro atoms. The number of anilines is 1. The third-order valence-corrected chi connectivity index (χ3v) is 5.64. The zero-order valence-electron chi connectivity index (χ0n) is 13.9. The first-order chi connectivity index (χ1) is 11.9. The smallest absolute Gasteiger partial charge is 0.330 e. The molecule has 0 aliphatic carbocycles. The van der Waals surface area contributed by atoms with Gasteiger partial charge in [0.25, 0.3) is 5.91 Å². The van der Waals surface area contributed by atoms with Gasteiger partial charge in [-0.2, -0.15) is 11.8 Å². The number of carboxylic acid groups (broad SMARTS) is 1. The van der Waals surface area contributed by atoms with Gasteiger partial charge in [-0.05, 0) is 31.2 Å². The van der Waals surface area contributed by atoms with Crippen LogP contribution in [0.5, 0.6) is 5.75 Å². The van der Waals surface area contributed by atoms with Crippen molar-refractivity contribution in [2.24, 2.45) is 0 Å². The van der Waals surface area contributed by atoms with E-state index in [1.165, 1.54) is 16.7 Å². The van der Waals surface area contributed by atoms with Crippen molar-refractivity contribution in [2.45, 2.75) is 31.4 Å². The maximum atomic E-state index is 12.4. The van der Waals surface area contributed by atoms with E-state index >= 15 is 0 Å². The van der Waals surface area contributed by atoms with Crippen LogP contribution in [0.25, 0.3) is 0 Å². The number of carboxylic acids is 1. The molecule has 134 valence electrons. The second-order valence-corrected chi connectivity index (χ2v) is 7.31. The summed E-state index contributed by atoms with van der Waals surface area (Å²) in [6.45, 7) is 1.85. The third-order valence-electron chi connectivity index (χ3n) is 4.45. The highest BCUT2D eigenvalue weighted by atomic mass is 32.2. The van der Waals surface area contributed by atoms with Gasteiger partial charge in [-0.25, -0.2) is 4.79 Å². The Labute approximate surface area is 149 Å². The molecule has 0 bridgehead atoms. The van der Waals surface area contributed by atoms with E-state index in [2.05, 4.69) is 5.32 Å². The van der Waals surface area contributed by atoms with E-state index in [4.69, 9.17) is 4.74 Å². The molecule has 25 heavy (non-hydrogen) atoms. The van der Waals surface area contributed by atoms with Crippen LogP contribution in [0.3, 0.4) is 0 Å². The molecule has 2 aliphatic heterocycles. The number of benzene rings is 1. The summed E-state index contributed by atoms with van der Waals surface area (Å²) in [5, 5.41) is 12.1. The number of amides is 2. The molecule has 0 radical (unpaired) electrons. The van der Waals surface area contributed by atoms with E-state index in [0.29, 0.717) is 29.4 Å². The van der Waals surface area contributed by atoms with Crippen LogP contribution < -0.4 is 15.0 Å². The maximum Gasteiger partial charge on any atom is 0.330 e. The molecular weight excluding hydrogens is 344 g/mol. The number of hydrogen-bond acceptors (Lipinski definition) is 5. The molecule has 2 unspecified atom stereocenters. The first-order valence-electron chi connectivity index (χ1n) is 8.12. The van der Waals surface area contributed by atoms with Gasteiger partial charge in [0.1, 0.15) is 11.3 Å². The molecule has 1 aromatic rings. The molecule has 2 aliphatic rings. The minimum Gasteiger partial charge on any atom is -0.479 e. The van der Waals surface area contributed by atoms with Crippen molar-refractivity contribution in [3.05, 3.63) is 24.3 Å². The Balaban J connectivity index is 1.67. The number of carbonyl (C=O) groups is 3. The Bertz CT molecular complexity index is 702. The van der Waals surface area contributed by atoms with E-state index in [9.17, 15) is 19.5 Å². The Morgan fingerprint density at radius 3 is 2.88 bits per heavy atom. The van der Waals surface area contributed by atoms with Crippen LogP contribution in [0.1, 0.15) is 19.8 Å². The molecular formula is C17H20N2O5S. The van der Waals surface area contributed by atoms with E-state index in [-0.39, 0.29) is 24.8 Å². The van der Waals surface area contributed by atoms with Crippen LogP contribution >= 0.6 is 11.8 Å². The standard InChI is InChI=1S/C17H20N2O5S/c1-11-15(21)19(12-4-2-3-5-13(12)24-11)8-6-14(20)18-17(16(22)23)7-9-25-10-17/h2-5,11H,6-10H2,1H3,(H,18,20)(H,22,23). The topological polar surface area (TPSA) is 95.9 Å². The predicted molar refractivity (Wildman–Crippen MR) is 94.0 cm³/mol. The first kappa shape index (κ1) is 17.6. The van der Waals surface area contributed by atoms with Crippen LogP contribution in [-0.2, 0) is 14.4 Å². The second-order valence-electron chi connectivity index (χ2n) is 6.21. The lowest BCUT2D eigenvalue weighted by Gasteiger charge is -2.33. The Morgan fingerprint density at radius 1 is 1.44 bits per heavy atom. The van der Waals surface area contributed by atoms with Crippen molar-refractivity contribution in [1.82, 2.24) is 5.32 Å².